The SMILES string of the molecule is CN(C)CCOc1cccc2oc(-c3ccccc3)nc12. The van der Waals surface area contributed by atoms with Crippen LogP contribution >= 0.6 is 0 Å². The zero-order chi connectivity index (χ0) is 14.7. The molecule has 0 aliphatic heterocycles. The molecule has 4 nitrogen and oxygen atoms in total. The van der Waals surface area contributed by atoms with Crippen molar-refractivity contribution in [2.75, 3.05) is 27.2 Å². The van der Waals surface area contributed by atoms with E-state index in [-0.39, 0.29) is 0 Å². The Balaban J connectivity index is 1.90. The molecule has 0 fully saturated rings. The van der Waals surface area contributed by atoms with E-state index in [0.29, 0.717) is 12.5 Å². The molecule has 0 N–H and O–H groups in total. The van der Waals surface area contributed by atoms with Crippen LogP contribution in [0.3, 0.4) is 0 Å². The van der Waals surface area contributed by atoms with Crippen LogP contribution in [0.4, 0.5) is 0 Å². The number of para-hydroxylation sites is 1. The average Bonchev–Trinajstić information content (AvgIpc) is 2.93. The first-order chi connectivity index (χ1) is 10.2. The van der Waals surface area contributed by atoms with Gasteiger partial charge in [0.25, 0.3) is 0 Å². The number of aromatic nitrogens is 1. The third-order valence-corrected chi connectivity index (χ3v) is 3.20. The van der Waals surface area contributed by atoms with Gasteiger partial charge in [-0.25, -0.2) is 4.98 Å². The highest BCUT2D eigenvalue weighted by molar-refractivity contribution is 5.82. The van der Waals surface area contributed by atoms with E-state index < -0.39 is 0 Å². The summed E-state index contributed by atoms with van der Waals surface area (Å²) < 4.78 is 11.6. The maximum absolute atomic E-state index is 5.82. The third-order valence-electron chi connectivity index (χ3n) is 3.20. The molecule has 108 valence electrons. The molecule has 21 heavy (non-hydrogen) atoms. The number of fused-ring (bicyclic) bond motifs is 1. The lowest BCUT2D eigenvalue weighted by atomic mass is 10.2. The molecule has 1 aromatic heterocycles. The van der Waals surface area contributed by atoms with E-state index in [1.165, 1.54) is 0 Å². The summed E-state index contributed by atoms with van der Waals surface area (Å²) in [5.74, 6) is 1.38. The van der Waals surface area contributed by atoms with Crippen LogP contribution in [-0.2, 0) is 0 Å². The molecular formula is C17H18N2O2. The lowest BCUT2D eigenvalue weighted by molar-refractivity contribution is 0.263. The molecule has 0 aliphatic rings. The first kappa shape index (κ1) is 13.6. The molecule has 0 radical (unpaired) electrons. The van der Waals surface area contributed by atoms with Gasteiger partial charge in [-0.15, -0.1) is 0 Å². The zero-order valence-corrected chi connectivity index (χ0v) is 12.2. The second-order valence-corrected chi connectivity index (χ2v) is 5.14. The van der Waals surface area contributed by atoms with Crippen molar-refractivity contribution in [2.45, 2.75) is 0 Å². The molecule has 0 aliphatic carbocycles. The standard InChI is InChI=1S/C17H18N2O2/c1-19(2)11-12-20-14-9-6-10-15-16(14)18-17(21-15)13-7-4-3-5-8-13/h3-10H,11-12H2,1-2H3. The quantitative estimate of drug-likeness (QED) is 0.718. The number of hydrogen-bond acceptors (Lipinski definition) is 4. The van der Waals surface area contributed by atoms with Crippen molar-refractivity contribution in [2.24, 2.45) is 0 Å². The van der Waals surface area contributed by atoms with Gasteiger partial charge in [0.05, 0.1) is 0 Å². The molecule has 2 aromatic carbocycles. The summed E-state index contributed by atoms with van der Waals surface area (Å²) in [6.45, 7) is 1.49. The van der Waals surface area contributed by atoms with Gasteiger partial charge >= 0.3 is 0 Å². The van der Waals surface area contributed by atoms with Crippen molar-refractivity contribution in [1.82, 2.24) is 9.88 Å². The fourth-order valence-corrected chi connectivity index (χ4v) is 2.08. The summed E-state index contributed by atoms with van der Waals surface area (Å²) in [7, 11) is 4.04. The van der Waals surface area contributed by atoms with Gasteiger partial charge in [0, 0.05) is 12.1 Å². The molecule has 0 bridgehead atoms. The Bertz CT molecular complexity index is 720. The first-order valence-corrected chi connectivity index (χ1v) is 6.96. The first-order valence-electron chi connectivity index (χ1n) is 6.96. The summed E-state index contributed by atoms with van der Waals surface area (Å²) >= 11 is 0. The van der Waals surface area contributed by atoms with Gasteiger partial charge in [0.15, 0.2) is 11.1 Å². The number of likely N-dealkylation sites (N-methyl/N-ethyl adjacent to an activating group) is 1. The van der Waals surface area contributed by atoms with Crippen LogP contribution < -0.4 is 4.74 Å². The summed E-state index contributed by atoms with van der Waals surface area (Å²) in [4.78, 5) is 6.66. The highest BCUT2D eigenvalue weighted by atomic mass is 16.5. The van der Waals surface area contributed by atoms with Gasteiger partial charge in [0.2, 0.25) is 5.89 Å². The van der Waals surface area contributed by atoms with Crippen LogP contribution in [0.2, 0.25) is 0 Å². The molecule has 0 spiro atoms. The van der Waals surface area contributed by atoms with E-state index in [4.69, 9.17) is 9.15 Å². The Hall–Kier alpha value is -2.33. The van der Waals surface area contributed by atoms with Gasteiger partial charge in [-0.3, -0.25) is 0 Å². The highest BCUT2D eigenvalue weighted by Gasteiger charge is 2.12. The smallest absolute Gasteiger partial charge is 0.227 e. The van der Waals surface area contributed by atoms with Crippen LogP contribution in [-0.4, -0.2) is 37.1 Å². The Morgan fingerprint density at radius 1 is 1.05 bits per heavy atom. The second kappa shape index (κ2) is 5.97. The fourth-order valence-electron chi connectivity index (χ4n) is 2.08. The van der Waals surface area contributed by atoms with Crippen molar-refractivity contribution in [1.29, 1.82) is 0 Å². The van der Waals surface area contributed by atoms with Crippen LogP contribution in [0, 0.1) is 0 Å². The summed E-state index contributed by atoms with van der Waals surface area (Å²) in [6, 6.07) is 15.6. The molecule has 0 unspecified atom stereocenters. The summed E-state index contributed by atoms with van der Waals surface area (Å²) in [6.07, 6.45) is 0. The number of nitrogens with zero attached hydrogens (tertiary/aromatic N) is 2. The molecule has 3 aromatic rings. The molecule has 1 heterocycles. The van der Waals surface area contributed by atoms with Crippen molar-refractivity contribution in [3.63, 3.8) is 0 Å². The third kappa shape index (κ3) is 3.06. The Labute approximate surface area is 124 Å². The predicted molar refractivity (Wildman–Crippen MR) is 83.5 cm³/mol. The van der Waals surface area contributed by atoms with E-state index in [9.17, 15) is 0 Å². The topological polar surface area (TPSA) is 38.5 Å². The fraction of sp³-hybridized carbons (Fsp3) is 0.235. The second-order valence-electron chi connectivity index (χ2n) is 5.14. The Kier molecular flexibility index (Phi) is 3.88. The van der Waals surface area contributed by atoms with Gasteiger partial charge in [-0.05, 0) is 38.4 Å². The molecule has 0 saturated carbocycles. The molecule has 0 amide bonds. The van der Waals surface area contributed by atoms with Gasteiger partial charge in [0.1, 0.15) is 12.4 Å². The van der Waals surface area contributed by atoms with Crippen LogP contribution in [0.25, 0.3) is 22.6 Å². The molecule has 0 atom stereocenters. The minimum absolute atomic E-state index is 0.620. The normalized spacial score (nSPS) is 11.2. The number of benzene rings is 2. The monoisotopic (exact) mass is 282 g/mol. The largest absolute Gasteiger partial charge is 0.490 e. The summed E-state index contributed by atoms with van der Waals surface area (Å²) in [5, 5.41) is 0. The zero-order valence-electron chi connectivity index (χ0n) is 12.2. The van der Waals surface area contributed by atoms with Crippen molar-refractivity contribution in [3.05, 3.63) is 48.5 Å². The predicted octanol–water partition coefficient (Wildman–Crippen LogP) is 3.44. The highest BCUT2D eigenvalue weighted by Crippen LogP contribution is 2.29. The number of rotatable bonds is 5. The van der Waals surface area contributed by atoms with Gasteiger partial charge in [-0.1, -0.05) is 24.3 Å². The van der Waals surface area contributed by atoms with Crippen molar-refractivity contribution in [3.8, 4) is 17.2 Å². The van der Waals surface area contributed by atoms with Crippen LogP contribution in [0.1, 0.15) is 0 Å². The number of ether oxygens (including phenoxy) is 1. The minimum Gasteiger partial charge on any atom is -0.490 e. The van der Waals surface area contributed by atoms with E-state index >= 15 is 0 Å². The van der Waals surface area contributed by atoms with Crippen LogP contribution in [0.15, 0.2) is 52.9 Å². The van der Waals surface area contributed by atoms with Crippen LogP contribution in [0.5, 0.6) is 5.75 Å². The minimum atomic E-state index is 0.620. The maximum Gasteiger partial charge on any atom is 0.227 e. The Morgan fingerprint density at radius 2 is 1.86 bits per heavy atom. The lowest BCUT2D eigenvalue weighted by Crippen LogP contribution is -2.19. The van der Waals surface area contributed by atoms with Crippen molar-refractivity contribution < 1.29 is 9.15 Å². The van der Waals surface area contributed by atoms with Crippen molar-refractivity contribution >= 4 is 11.1 Å². The molecular weight excluding hydrogens is 264 g/mol. The van der Waals surface area contributed by atoms with Gasteiger partial charge in [-0.2, -0.15) is 0 Å². The maximum atomic E-state index is 5.82. The van der Waals surface area contributed by atoms with E-state index in [2.05, 4.69) is 9.88 Å². The van der Waals surface area contributed by atoms with E-state index in [0.717, 1.165) is 29.0 Å². The number of hydrogen-bond donors (Lipinski definition) is 0. The lowest BCUT2D eigenvalue weighted by Gasteiger charge is -2.10. The number of oxazole rings is 1. The Morgan fingerprint density at radius 3 is 2.62 bits per heavy atom. The van der Waals surface area contributed by atoms with E-state index in [1.807, 2.05) is 62.6 Å². The average molecular weight is 282 g/mol. The summed E-state index contributed by atoms with van der Waals surface area (Å²) in [5.41, 5.74) is 2.49. The molecule has 0 saturated heterocycles. The van der Waals surface area contributed by atoms with E-state index in [1.54, 1.807) is 0 Å². The molecule has 3 rings (SSSR count). The molecule has 4 heteroatoms. The van der Waals surface area contributed by atoms with Gasteiger partial charge < -0.3 is 14.1 Å².